The summed E-state index contributed by atoms with van der Waals surface area (Å²) in [7, 11) is 0. The van der Waals surface area contributed by atoms with Gasteiger partial charge < -0.3 is 10.2 Å². The molecule has 0 fully saturated rings. The summed E-state index contributed by atoms with van der Waals surface area (Å²) >= 11 is 5.16. The highest BCUT2D eigenvalue weighted by Gasteiger charge is 2.26. The van der Waals surface area contributed by atoms with E-state index in [0.717, 1.165) is 51.2 Å². The van der Waals surface area contributed by atoms with Gasteiger partial charge in [-0.2, -0.15) is 0 Å². The fraction of sp³-hybridized carbons (Fsp3) is 0.500. The first-order valence-electron chi connectivity index (χ1n) is 10.4. The maximum Gasteiger partial charge on any atom is 0.142 e. The summed E-state index contributed by atoms with van der Waals surface area (Å²) in [5, 5.41) is 21.1. The second-order valence-corrected chi connectivity index (χ2v) is 11.1. The SMILES string of the molecule is CCCSc1cc(C(C)(C)c2cc(SCCC)c(O)c(SCCC)c2)ccc1O. The molecule has 2 N–H and O–H groups in total. The van der Waals surface area contributed by atoms with Gasteiger partial charge in [-0.15, -0.1) is 35.3 Å². The van der Waals surface area contributed by atoms with Gasteiger partial charge in [-0.05, 0) is 71.9 Å². The van der Waals surface area contributed by atoms with Crippen LogP contribution in [0.2, 0.25) is 0 Å². The number of rotatable bonds is 11. The fourth-order valence-electron chi connectivity index (χ4n) is 2.98. The third-order valence-corrected chi connectivity index (χ3v) is 8.55. The van der Waals surface area contributed by atoms with Crippen molar-refractivity contribution in [3.05, 3.63) is 41.5 Å². The third kappa shape index (κ3) is 6.28. The van der Waals surface area contributed by atoms with Crippen LogP contribution in [0, 0.1) is 0 Å². The minimum atomic E-state index is -0.230. The average Bonchev–Trinajstić information content (AvgIpc) is 2.71. The van der Waals surface area contributed by atoms with Crippen LogP contribution in [0.5, 0.6) is 11.5 Å². The topological polar surface area (TPSA) is 40.5 Å². The van der Waals surface area contributed by atoms with Crippen molar-refractivity contribution in [3.63, 3.8) is 0 Å². The quantitative estimate of drug-likeness (QED) is 0.340. The molecule has 0 aromatic heterocycles. The van der Waals surface area contributed by atoms with Crippen molar-refractivity contribution in [1.82, 2.24) is 0 Å². The third-order valence-electron chi connectivity index (χ3n) is 4.83. The number of benzene rings is 2. The molecule has 2 nitrogen and oxygen atoms in total. The van der Waals surface area contributed by atoms with Gasteiger partial charge in [-0.25, -0.2) is 0 Å². The summed E-state index contributed by atoms with van der Waals surface area (Å²) < 4.78 is 0. The molecule has 0 saturated heterocycles. The largest absolute Gasteiger partial charge is 0.507 e. The van der Waals surface area contributed by atoms with Gasteiger partial charge in [-0.3, -0.25) is 0 Å². The molecule has 0 radical (unpaired) electrons. The Kier molecular flexibility index (Phi) is 9.64. The lowest BCUT2D eigenvalue weighted by Gasteiger charge is -2.28. The Labute approximate surface area is 189 Å². The summed E-state index contributed by atoms with van der Waals surface area (Å²) in [5.74, 6) is 3.75. The number of phenolic OH excluding ortho intramolecular Hbond substituents is 2. The summed E-state index contributed by atoms with van der Waals surface area (Å²) in [6, 6.07) is 10.3. The molecule has 0 amide bonds. The molecule has 0 saturated carbocycles. The van der Waals surface area contributed by atoms with E-state index in [1.807, 2.05) is 12.1 Å². The Morgan fingerprint density at radius 2 is 1.14 bits per heavy atom. The van der Waals surface area contributed by atoms with Gasteiger partial charge in [-0.1, -0.05) is 40.7 Å². The van der Waals surface area contributed by atoms with Crippen molar-refractivity contribution in [3.8, 4) is 11.5 Å². The van der Waals surface area contributed by atoms with Gasteiger partial charge in [0.15, 0.2) is 0 Å². The van der Waals surface area contributed by atoms with Crippen LogP contribution in [-0.2, 0) is 5.41 Å². The zero-order valence-electron chi connectivity index (χ0n) is 18.2. The Morgan fingerprint density at radius 3 is 1.62 bits per heavy atom. The van der Waals surface area contributed by atoms with Gasteiger partial charge in [0.25, 0.3) is 0 Å². The molecule has 0 atom stereocenters. The maximum absolute atomic E-state index is 10.8. The highest BCUT2D eigenvalue weighted by atomic mass is 32.2. The Balaban J connectivity index is 2.49. The van der Waals surface area contributed by atoms with Crippen molar-refractivity contribution < 1.29 is 10.2 Å². The lowest BCUT2D eigenvalue weighted by Crippen LogP contribution is -2.19. The Hall–Kier alpha value is -0.910. The van der Waals surface area contributed by atoms with E-state index in [-0.39, 0.29) is 5.41 Å². The van der Waals surface area contributed by atoms with E-state index in [2.05, 4.69) is 52.8 Å². The van der Waals surface area contributed by atoms with E-state index in [9.17, 15) is 10.2 Å². The molecule has 0 bridgehead atoms. The van der Waals surface area contributed by atoms with Gasteiger partial charge in [0.05, 0.1) is 9.79 Å². The molecule has 0 aliphatic heterocycles. The molecule has 0 spiro atoms. The predicted molar refractivity (Wildman–Crippen MR) is 131 cm³/mol. The van der Waals surface area contributed by atoms with Crippen LogP contribution >= 0.6 is 35.3 Å². The Bertz CT molecular complexity index is 774. The molecule has 0 unspecified atom stereocenters. The van der Waals surface area contributed by atoms with Crippen LogP contribution in [0.15, 0.2) is 45.0 Å². The minimum absolute atomic E-state index is 0.230. The van der Waals surface area contributed by atoms with Crippen LogP contribution < -0.4 is 0 Å². The normalized spacial score (nSPS) is 11.8. The summed E-state index contributed by atoms with van der Waals surface area (Å²) in [5.41, 5.74) is 2.15. The minimum Gasteiger partial charge on any atom is -0.507 e. The van der Waals surface area contributed by atoms with E-state index in [1.165, 1.54) is 11.1 Å². The standard InChI is InChI=1S/C24H34O2S3/c1-6-11-27-20-14-17(9-10-19(20)25)24(4,5)18-15-21(28-12-7-2)23(26)22(16-18)29-13-8-3/h9-10,14-16,25-26H,6-8,11-13H2,1-5H3. The number of aromatic hydroxyl groups is 2. The second kappa shape index (κ2) is 11.5. The number of hydrogen-bond donors (Lipinski definition) is 2. The van der Waals surface area contributed by atoms with E-state index >= 15 is 0 Å². The van der Waals surface area contributed by atoms with Gasteiger partial charge in [0.1, 0.15) is 11.5 Å². The summed E-state index contributed by atoms with van der Waals surface area (Å²) in [6.07, 6.45) is 3.22. The highest BCUT2D eigenvalue weighted by Crippen LogP contribution is 2.44. The van der Waals surface area contributed by atoms with Gasteiger partial charge in [0.2, 0.25) is 0 Å². The van der Waals surface area contributed by atoms with Crippen LogP contribution in [-0.4, -0.2) is 27.5 Å². The number of phenols is 2. The predicted octanol–water partition coefficient (Wildman–Crippen LogP) is 7.93. The lowest BCUT2D eigenvalue weighted by molar-refractivity contribution is 0.447. The molecule has 2 aromatic rings. The second-order valence-electron chi connectivity index (χ2n) is 7.67. The number of hydrogen-bond acceptors (Lipinski definition) is 5. The molecular weight excluding hydrogens is 416 g/mol. The zero-order chi connectivity index (χ0) is 21.4. The molecule has 0 heterocycles. The lowest BCUT2D eigenvalue weighted by atomic mass is 9.78. The molecular formula is C24H34O2S3. The van der Waals surface area contributed by atoms with E-state index in [1.54, 1.807) is 35.3 Å². The van der Waals surface area contributed by atoms with E-state index in [4.69, 9.17) is 0 Å². The molecule has 2 rings (SSSR count). The van der Waals surface area contributed by atoms with Crippen molar-refractivity contribution in [1.29, 1.82) is 0 Å². The molecule has 0 aliphatic rings. The zero-order valence-corrected chi connectivity index (χ0v) is 20.7. The first kappa shape index (κ1) is 24.4. The molecule has 29 heavy (non-hydrogen) atoms. The van der Waals surface area contributed by atoms with E-state index in [0.29, 0.717) is 11.5 Å². The van der Waals surface area contributed by atoms with Crippen LogP contribution in [0.3, 0.4) is 0 Å². The smallest absolute Gasteiger partial charge is 0.142 e. The highest BCUT2D eigenvalue weighted by molar-refractivity contribution is 8.00. The first-order valence-corrected chi connectivity index (χ1v) is 13.4. The van der Waals surface area contributed by atoms with Gasteiger partial charge in [0, 0.05) is 10.3 Å². The van der Waals surface area contributed by atoms with E-state index < -0.39 is 0 Å². The summed E-state index contributed by atoms with van der Waals surface area (Å²) in [4.78, 5) is 2.88. The maximum atomic E-state index is 10.8. The van der Waals surface area contributed by atoms with Crippen molar-refractivity contribution in [2.45, 2.75) is 74.0 Å². The Morgan fingerprint density at radius 1 is 0.690 bits per heavy atom. The van der Waals surface area contributed by atoms with Crippen LogP contribution in [0.25, 0.3) is 0 Å². The first-order chi connectivity index (χ1) is 13.8. The summed E-state index contributed by atoms with van der Waals surface area (Å²) in [6.45, 7) is 10.9. The molecule has 0 aliphatic carbocycles. The fourth-order valence-corrected chi connectivity index (χ4v) is 5.66. The monoisotopic (exact) mass is 450 g/mol. The van der Waals surface area contributed by atoms with Crippen molar-refractivity contribution >= 4 is 35.3 Å². The average molecular weight is 451 g/mol. The van der Waals surface area contributed by atoms with Crippen molar-refractivity contribution in [2.24, 2.45) is 0 Å². The van der Waals surface area contributed by atoms with Gasteiger partial charge >= 0.3 is 0 Å². The van der Waals surface area contributed by atoms with Crippen molar-refractivity contribution in [2.75, 3.05) is 17.3 Å². The molecule has 2 aromatic carbocycles. The molecule has 160 valence electrons. The molecule has 5 heteroatoms. The number of thioether (sulfide) groups is 3. The van der Waals surface area contributed by atoms with Crippen LogP contribution in [0.1, 0.15) is 65.0 Å². The van der Waals surface area contributed by atoms with Crippen LogP contribution in [0.4, 0.5) is 0 Å².